The van der Waals surface area contributed by atoms with Crippen molar-refractivity contribution in [1.82, 2.24) is 24.6 Å². The molecule has 27 heavy (non-hydrogen) atoms. The Morgan fingerprint density at radius 2 is 1.93 bits per heavy atom. The molecule has 2 aromatic heterocycles. The second-order valence-corrected chi connectivity index (χ2v) is 7.82. The van der Waals surface area contributed by atoms with Crippen molar-refractivity contribution in [2.45, 2.75) is 19.5 Å². The van der Waals surface area contributed by atoms with Crippen molar-refractivity contribution < 1.29 is 4.79 Å². The van der Waals surface area contributed by atoms with Gasteiger partial charge in [-0.2, -0.15) is 5.10 Å². The van der Waals surface area contributed by atoms with E-state index >= 15 is 0 Å². The van der Waals surface area contributed by atoms with Crippen molar-refractivity contribution in [2.24, 2.45) is 0 Å². The molecule has 7 heteroatoms. The van der Waals surface area contributed by atoms with Gasteiger partial charge in [-0.05, 0) is 18.6 Å². The number of hydrogen-bond acceptors (Lipinski definition) is 5. The summed E-state index contributed by atoms with van der Waals surface area (Å²) in [5, 5.41) is 7.56. The first-order chi connectivity index (χ1) is 13.2. The summed E-state index contributed by atoms with van der Waals surface area (Å²) in [6.07, 6.45) is 3.58. The molecule has 0 saturated carbocycles. The van der Waals surface area contributed by atoms with E-state index in [0.717, 1.165) is 49.0 Å². The van der Waals surface area contributed by atoms with Crippen LogP contribution in [0.4, 0.5) is 0 Å². The Balaban J connectivity index is 1.44. The minimum Gasteiger partial charge on any atom is -0.338 e. The molecule has 0 bridgehead atoms. The van der Waals surface area contributed by atoms with Gasteiger partial charge in [-0.1, -0.05) is 30.3 Å². The average Bonchev–Trinajstić information content (AvgIpc) is 3.36. The lowest BCUT2D eigenvalue weighted by molar-refractivity contribution is -0.135. The second-order valence-electron chi connectivity index (χ2n) is 6.76. The third-order valence-electron chi connectivity index (χ3n) is 4.87. The van der Waals surface area contributed by atoms with Crippen LogP contribution in [0.25, 0.3) is 0 Å². The molecule has 0 radical (unpaired) electrons. The van der Waals surface area contributed by atoms with Crippen LogP contribution in [-0.2, 0) is 11.3 Å². The van der Waals surface area contributed by atoms with Crippen LogP contribution < -0.4 is 0 Å². The van der Waals surface area contributed by atoms with E-state index in [1.54, 1.807) is 22.2 Å². The molecule has 1 atom stereocenters. The molecule has 1 aromatic carbocycles. The van der Waals surface area contributed by atoms with Crippen molar-refractivity contribution in [3.05, 3.63) is 70.4 Å². The molecular formula is C20H23N5OS. The minimum atomic E-state index is -0.408. The van der Waals surface area contributed by atoms with E-state index < -0.39 is 6.04 Å². The largest absolute Gasteiger partial charge is 0.338 e. The highest BCUT2D eigenvalue weighted by Crippen LogP contribution is 2.21. The van der Waals surface area contributed by atoms with Crippen LogP contribution in [0.1, 0.15) is 22.3 Å². The zero-order valence-corrected chi connectivity index (χ0v) is 16.2. The highest BCUT2D eigenvalue weighted by atomic mass is 32.1. The molecule has 0 N–H and O–H groups in total. The summed E-state index contributed by atoms with van der Waals surface area (Å²) in [6.45, 7) is 6.07. The number of benzene rings is 1. The zero-order chi connectivity index (χ0) is 18.6. The fourth-order valence-electron chi connectivity index (χ4n) is 3.49. The summed E-state index contributed by atoms with van der Waals surface area (Å²) < 4.78 is 1.75. The Hall–Kier alpha value is -2.51. The van der Waals surface area contributed by atoms with Gasteiger partial charge in [-0.15, -0.1) is 11.3 Å². The van der Waals surface area contributed by atoms with Crippen molar-refractivity contribution in [3.63, 3.8) is 0 Å². The summed E-state index contributed by atoms with van der Waals surface area (Å²) in [7, 11) is 0. The van der Waals surface area contributed by atoms with Gasteiger partial charge in [0.2, 0.25) is 0 Å². The van der Waals surface area contributed by atoms with Gasteiger partial charge in [0.05, 0.1) is 10.7 Å². The first-order valence-corrected chi connectivity index (χ1v) is 10.0. The SMILES string of the molecule is Cc1nc(CN2CCN(C(=O)C(c3ccccc3)n3cccn3)CC2)cs1. The first-order valence-electron chi connectivity index (χ1n) is 9.17. The molecule has 0 aliphatic carbocycles. The van der Waals surface area contributed by atoms with E-state index in [4.69, 9.17) is 0 Å². The third-order valence-corrected chi connectivity index (χ3v) is 5.70. The summed E-state index contributed by atoms with van der Waals surface area (Å²) >= 11 is 1.69. The van der Waals surface area contributed by atoms with Crippen LogP contribution in [0.2, 0.25) is 0 Å². The lowest BCUT2D eigenvalue weighted by atomic mass is 10.1. The molecule has 4 rings (SSSR count). The second kappa shape index (κ2) is 8.02. The summed E-state index contributed by atoms with van der Waals surface area (Å²) in [6, 6.07) is 11.3. The molecule has 3 aromatic rings. The topological polar surface area (TPSA) is 54.3 Å². The van der Waals surface area contributed by atoms with Crippen LogP contribution in [0.15, 0.2) is 54.2 Å². The minimum absolute atomic E-state index is 0.106. The van der Waals surface area contributed by atoms with Gasteiger partial charge in [-0.3, -0.25) is 14.4 Å². The molecular weight excluding hydrogens is 358 g/mol. The molecule has 1 saturated heterocycles. The van der Waals surface area contributed by atoms with E-state index in [2.05, 4.69) is 20.4 Å². The van der Waals surface area contributed by atoms with Crippen LogP contribution in [0.3, 0.4) is 0 Å². The monoisotopic (exact) mass is 381 g/mol. The van der Waals surface area contributed by atoms with E-state index in [9.17, 15) is 4.79 Å². The van der Waals surface area contributed by atoms with Gasteiger partial charge in [0, 0.05) is 50.5 Å². The van der Waals surface area contributed by atoms with Crippen molar-refractivity contribution in [3.8, 4) is 0 Å². The molecule has 6 nitrogen and oxygen atoms in total. The molecule has 140 valence electrons. The number of aryl methyl sites for hydroxylation is 1. The van der Waals surface area contributed by atoms with Gasteiger partial charge in [-0.25, -0.2) is 4.98 Å². The molecule has 1 unspecified atom stereocenters. The number of carbonyl (C=O) groups is 1. The van der Waals surface area contributed by atoms with Gasteiger partial charge in [0.15, 0.2) is 6.04 Å². The first kappa shape index (κ1) is 17.9. The Kier molecular flexibility index (Phi) is 5.31. The number of thiazole rings is 1. The number of piperazine rings is 1. The van der Waals surface area contributed by atoms with Crippen LogP contribution >= 0.6 is 11.3 Å². The summed E-state index contributed by atoms with van der Waals surface area (Å²) in [5.41, 5.74) is 2.09. The predicted molar refractivity (Wildman–Crippen MR) is 106 cm³/mol. The quantitative estimate of drug-likeness (QED) is 0.682. The Bertz CT molecular complexity index is 869. The Morgan fingerprint density at radius 3 is 2.56 bits per heavy atom. The maximum atomic E-state index is 13.3. The number of aromatic nitrogens is 3. The standard InChI is InChI=1S/C20H23N5OS/c1-16-22-18(15-27-16)14-23-10-12-24(13-11-23)20(26)19(25-9-5-8-21-25)17-6-3-2-4-7-17/h2-9,15,19H,10-14H2,1H3. The lowest BCUT2D eigenvalue weighted by Gasteiger charge is -2.36. The number of amides is 1. The van der Waals surface area contributed by atoms with Crippen molar-refractivity contribution in [2.75, 3.05) is 26.2 Å². The number of carbonyl (C=O) groups excluding carboxylic acids is 1. The maximum absolute atomic E-state index is 13.3. The van der Waals surface area contributed by atoms with E-state index in [1.807, 2.05) is 54.4 Å². The Morgan fingerprint density at radius 1 is 1.15 bits per heavy atom. The third kappa shape index (κ3) is 4.09. The molecule has 1 aliphatic rings. The maximum Gasteiger partial charge on any atom is 0.252 e. The van der Waals surface area contributed by atoms with Crippen LogP contribution in [-0.4, -0.2) is 56.7 Å². The smallest absolute Gasteiger partial charge is 0.252 e. The summed E-state index contributed by atoms with van der Waals surface area (Å²) in [5.74, 6) is 0.106. The number of nitrogens with zero attached hydrogens (tertiary/aromatic N) is 5. The Labute approximate surface area is 163 Å². The van der Waals surface area contributed by atoms with Gasteiger partial charge in [0.1, 0.15) is 0 Å². The fraction of sp³-hybridized carbons (Fsp3) is 0.350. The summed E-state index contributed by atoms with van der Waals surface area (Å²) in [4.78, 5) is 22.2. The van der Waals surface area contributed by atoms with Crippen LogP contribution in [0, 0.1) is 6.92 Å². The van der Waals surface area contributed by atoms with E-state index in [1.165, 1.54) is 0 Å². The normalized spacial score (nSPS) is 16.4. The fourth-order valence-corrected chi connectivity index (χ4v) is 4.09. The van der Waals surface area contributed by atoms with E-state index in [0.29, 0.717) is 0 Å². The van der Waals surface area contributed by atoms with Crippen LogP contribution in [0.5, 0.6) is 0 Å². The van der Waals surface area contributed by atoms with Crippen molar-refractivity contribution >= 4 is 17.2 Å². The molecule has 1 amide bonds. The highest BCUT2D eigenvalue weighted by Gasteiger charge is 2.30. The van der Waals surface area contributed by atoms with Gasteiger partial charge < -0.3 is 4.90 Å². The molecule has 1 fully saturated rings. The zero-order valence-electron chi connectivity index (χ0n) is 15.4. The van der Waals surface area contributed by atoms with Gasteiger partial charge >= 0.3 is 0 Å². The average molecular weight is 382 g/mol. The van der Waals surface area contributed by atoms with Crippen molar-refractivity contribution in [1.29, 1.82) is 0 Å². The van der Waals surface area contributed by atoms with E-state index in [-0.39, 0.29) is 5.91 Å². The highest BCUT2D eigenvalue weighted by molar-refractivity contribution is 7.09. The van der Waals surface area contributed by atoms with Gasteiger partial charge in [0.25, 0.3) is 5.91 Å². The predicted octanol–water partition coefficient (Wildman–Crippen LogP) is 2.58. The lowest BCUT2D eigenvalue weighted by Crippen LogP contribution is -2.50. The molecule has 1 aliphatic heterocycles. The number of hydrogen-bond donors (Lipinski definition) is 0. The number of rotatable bonds is 5. The molecule has 0 spiro atoms. The molecule has 3 heterocycles.